The van der Waals surface area contributed by atoms with Crippen molar-refractivity contribution in [3.8, 4) is 0 Å². The van der Waals surface area contributed by atoms with Crippen molar-refractivity contribution in [1.29, 1.82) is 0 Å². The maximum Gasteiger partial charge on any atom is 0.306 e. The fourth-order valence-electron chi connectivity index (χ4n) is 1.31. The van der Waals surface area contributed by atoms with Gasteiger partial charge in [0.1, 0.15) is 0 Å². The van der Waals surface area contributed by atoms with Crippen LogP contribution in [0.1, 0.15) is 25.0 Å². The number of aliphatic hydroxyl groups is 1. The Morgan fingerprint density at radius 2 is 2.07 bits per heavy atom. The third kappa shape index (κ3) is 3.22. The Bertz CT molecular complexity index is 351. The van der Waals surface area contributed by atoms with Crippen molar-refractivity contribution in [2.24, 2.45) is 5.92 Å². The minimum atomic E-state index is -0.916. The molecule has 0 aromatic heterocycles. The van der Waals surface area contributed by atoms with Gasteiger partial charge in [-0.2, -0.15) is 0 Å². The van der Waals surface area contributed by atoms with E-state index in [1.165, 1.54) is 0 Å². The van der Waals surface area contributed by atoms with Crippen LogP contribution in [0.15, 0.2) is 24.3 Å². The summed E-state index contributed by atoms with van der Waals surface area (Å²) in [5, 5.41) is 18.9. The van der Waals surface area contributed by atoms with Crippen LogP contribution in [0.4, 0.5) is 0 Å². The van der Waals surface area contributed by atoms with E-state index in [-0.39, 0.29) is 6.42 Å². The van der Waals surface area contributed by atoms with Gasteiger partial charge in [-0.1, -0.05) is 36.7 Å². The first-order valence-corrected chi connectivity index (χ1v) is 5.05. The third-order valence-corrected chi connectivity index (χ3v) is 2.61. The Labute approximate surface area is 93.3 Å². The normalized spacial score (nSPS) is 14.6. The van der Waals surface area contributed by atoms with Crippen molar-refractivity contribution >= 4 is 17.6 Å². The predicted molar refractivity (Wildman–Crippen MR) is 57.8 cm³/mol. The zero-order valence-corrected chi connectivity index (χ0v) is 9.11. The molecule has 0 amide bonds. The van der Waals surface area contributed by atoms with Crippen LogP contribution in [0.5, 0.6) is 0 Å². The molecular weight excluding hydrogens is 216 g/mol. The molecule has 1 rings (SSSR count). The van der Waals surface area contributed by atoms with E-state index in [2.05, 4.69) is 0 Å². The average molecular weight is 229 g/mol. The maximum absolute atomic E-state index is 10.6. The van der Waals surface area contributed by atoms with Crippen LogP contribution < -0.4 is 0 Å². The summed E-state index contributed by atoms with van der Waals surface area (Å²) >= 11 is 5.87. The Morgan fingerprint density at radius 1 is 1.47 bits per heavy atom. The molecule has 0 saturated carbocycles. The first kappa shape index (κ1) is 12.0. The number of aliphatic hydroxyl groups excluding tert-OH is 1. The molecule has 0 aliphatic heterocycles. The number of benzene rings is 1. The molecule has 0 spiro atoms. The molecule has 82 valence electrons. The van der Waals surface area contributed by atoms with Gasteiger partial charge in [-0.3, -0.25) is 4.79 Å². The number of carbonyl (C=O) groups is 1. The van der Waals surface area contributed by atoms with Crippen molar-refractivity contribution in [2.45, 2.75) is 19.4 Å². The second kappa shape index (κ2) is 5.14. The van der Waals surface area contributed by atoms with Gasteiger partial charge in [-0.15, -0.1) is 0 Å². The Hall–Kier alpha value is -1.06. The highest BCUT2D eigenvalue weighted by atomic mass is 35.5. The molecule has 0 aliphatic carbocycles. The van der Waals surface area contributed by atoms with Gasteiger partial charge in [0.2, 0.25) is 0 Å². The fraction of sp³-hybridized carbons (Fsp3) is 0.364. The first-order chi connectivity index (χ1) is 7.02. The van der Waals surface area contributed by atoms with E-state index in [0.717, 1.165) is 0 Å². The van der Waals surface area contributed by atoms with E-state index in [0.29, 0.717) is 10.6 Å². The lowest BCUT2D eigenvalue weighted by Gasteiger charge is -2.14. The van der Waals surface area contributed by atoms with E-state index in [1.54, 1.807) is 31.2 Å². The van der Waals surface area contributed by atoms with Crippen molar-refractivity contribution in [1.82, 2.24) is 0 Å². The van der Waals surface area contributed by atoms with Crippen LogP contribution in [0, 0.1) is 5.92 Å². The van der Waals surface area contributed by atoms with Gasteiger partial charge in [-0.25, -0.2) is 0 Å². The summed E-state index contributed by atoms with van der Waals surface area (Å²) in [5.74, 6) is -1.50. The zero-order valence-electron chi connectivity index (χ0n) is 8.35. The molecule has 2 N–H and O–H groups in total. The third-order valence-electron chi connectivity index (χ3n) is 2.26. The predicted octanol–water partition coefficient (Wildman–Crippen LogP) is 2.48. The van der Waals surface area contributed by atoms with Gasteiger partial charge >= 0.3 is 5.97 Å². The minimum Gasteiger partial charge on any atom is -0.481 e. The second-order valence-corrected chi connectivity index (χ2v) is 3.92. The van der Waals surface area contributed by atoms with Crippen molar-refractivity contribution in [2.75, 3.05) is 0 Å². The largest absolute Gasteiger partial charge is 0.481 e. The molecule has 0 bridgehead atoms. The summed E-state index contributed by atoms with van der Waals surface area (Å²) in [5.41, 5.74) is 0.576. The quantitative estimate of drug-likeness (QED) is 0.833. The molecule has 3 nitrogen and oxygen atoms in total. The summed E-state index contributed by atoms with van der Waals surface area (Å²) in [6.45, 7) is 1.56. The highest BCUT2D eigenvalue weighted by Crippen LogP contribution is 2.27. The number of carboxylic acid groups (broad SMARTS) is 1. The summed E-state index contributed by atoms with van der Waals surface area (Å²) in [7, 11) is 0. The molecule has 15 heavy (non-hydrogen) atoms. The highest BCUT2D eigenvalue weighted by Gasteiger charge is 2.19. The summed E-state index contributed by atoms with van der Waals surface area (Å²) in [6.07, 6.45) is -0.663. The molecule has 0 saturated heterocycles. The van der Waals surface area contributed by atoms with E-state index in [9.17, 15) is 9.90 Å². The van der Waals surface area contributed by atoms with Crippen LogP contribution in [0.2, 0.25) is 5.02 Å². The SMILES string of the molecule is CC(CC(O)c1ccccc1Cl)C(=O)O. The molecule has 0 heterocycles. The molecule has 0 radical (unpaired) electrons. The van der Waals surface area contributed by atoms with Crippen molar-refractivity contribution in [3.63, 3.8) is 0 Å². The van der Waals surface area contributed by atoms with E-state index < -0.39 is 18.0 Å². The number of rotatable bonds is 4. The molecule has 2 atom stereocenters. The van der Waals surface area contributed by atoms with Gasteiger partial charge in [0, 0.05) is 5.02 Å². The van der Waals surface area contributed by atoms with Gasteiger partial charge in [-0.05, 0) is 18.1 Å². The zero-order chi connectivity index (χ0) is 11.4. The molecule has 2 unspecified atom stereocenters. The molecular formula is C11H13ClO3. The fourth-order valence-corrected chi connectivity index (χ4v) is 1.57. The van der Waals surface area contributed by atoms with Gasteiger partial charge in [0.05, 0.1) is 12.0 Å². The minimum absolute atomic E-state index is 0.166. The monoisotopic (exact) mass is 228 g/mol. The molecule has 0 fully saturated rings. The molecule has 0 aliphatic rings. The number of hydrogen-bond donors (Lipinski definition) is 2. The van der Waals surface area contributed by atoms with Crippen LogP contribution in [0.25, 0.3) is 0 Å². The van der Waals surface area contributed by atoms with Gasteiger partial charge in [0.25, 0.3) is 0 Å². The van der Waals surface area contributed by atoms with E-state index in [1.807, 2.05) is 0 Å². The topological polar surface area (TPSA) is 57.5 Å². The summed E-state index contributed by atoms with van der Waals surface area (Å²) in [4.78, 5) is 10.6. The second-order valence-electron chi connectivity index (χ2n) is 3.51. The van der Waals surface area contributed by atoms with Crippen molar-refractivity contribution < 1.29 is 15.0 Å². The number of carboxylic acids is 1. The average Bonchev–Trinajstić information content (AvgIpc) is 2.18. The van der Waals surface area contributed by atoms with Gasteiger partial charge < -0.3 is 10.2 Å². The van der Waals surface area contributed by atoms with Crippen LogP contribution >= 0.6 is 11.6 Å². The van der Waals surface area contributed by atoms with Crippen molar-refractivity contribution in [3.05, 3.63) is 34.9 Å². The Morgan fingerprint density at radius 3 is 2.60 bits per heavy atom. The lowest BCUT2D eigenvalue weighted by molar-refractivity contribution is -0.142. The number of halogens is 1. The lowest BCUT2D eigenvalue weighted by atomic mass is 9.98. The lowest BCUT2D eigenvalue weighted by Crippen LogP contribution is -2.13. The standard InChI is InChI=1S/C11H13ClO3/c1-7(11(14)15)6-10(13)8-4-2-3-5-9(8)12/h2-5,7,10,13H,6H2,1H3,(H,14,15). The Kier molecular flexibility index (Phi) is 4.12. The van der Waals surface area contributed by atoms with Crippen LogP contribution in [-0.2, 0) is 4.79 Å². The Balaban J connectivity index is 2.73. The summed E-state index contributed by atoms with van der Waals surface area (Å²) in [6, 6.07) is 6.89. The smallest absolute Gasteiger partial charge is 0.306 e. The van der Waals surface area contributed by atoms with E-state index >= 15 is 0 Å². The molecule has 4 heteroatoms. The number of hydrogen-bond acceptors (Lipinski definition) is 2. The maximum atomic E-state index is 10.6. The van der Waals surface area contributed by atoms with Gasteiger partial charge in [0.15, 0.2) is 0 Å². The highest BCUT2D eigenvalue weighted by molar-refractivity contribution is 6.31. The first-order valence-electron chi connectivity index (χ1n) is 4.67. The summed E-state index contributed by atoms with van der Waals surface area (Å²) < 4.78 is 0. The van der Waals surface area contributed by atoms with Crippen LogP contribution in [-0.4, -0.2) is 16.2 Å². The van der Waals surface area contributed by atoms with E-state index in [4.69, 9.17) is 16.7 Å². The molecule has 1 aromatic carbocycles. The molecule has 1 aromatic rings. The number of aliphatic carboxylic acids is 1. The van der Waals surface area contributed by atoms with Crippen LogP contribution in [0.3, 0.4) is 0 Å².